The molecule has 0 saturated carbocycles. The summed E-state index contributed by atoms with van der Waals surface area (Å²) in [5.74, 6) is 0.248. The van der Waals surface area contributed by atoms with E-state index in [4.69, 9.17) is 8.92 Å². The highest BCUT2D eigenvalue weighted by Gasteiger charge is 2.21. The van der Waals surface area contributed by atoms with Crippen molar-refractivity contribution in [1.82, 2.24) is 0 Å². The van der Waals surface area contributed by atoms with Gasteiger partial charge in [0.2, 0.25) is 0 Å². The van der Waals surface area contributed by atoms with Crippen LogP contribution >= 0.6 is 0 Å². The van der Waals surface area contributed by atoms with Gasteiger partial charge in [-0.1, -0.05) is 30.3 Å². The molecule has 20 heavy (non-hydrogen) atoms. The monoisotopic (exact) mass is 294 g/mol. The summed E-state index contributed by atoms with van der Waals surface area (Å²) in [7, 11) is -2.57. The summed E-state index contributed by atoms with van der Waals surface area (Å²) in [4.78, 5) is 0.0368. The van der Waals surface area contributed by atoms with Crippen LogP contribution in [0.3, 0.4) is 0 Å². The molecule has 0 radical (unpaired) electrons. The van der Waals surface area contributed by atoms with Crippen LogP contribution in [-0.2, 0) is 16.7 Å². The molecular weight excluding hydrogens is 280 g/mol. The second-order valence-electron chi connectivity index (χ2n) is 3.96. The van der Waals surface area contributed by atoms with Crippen LogP contribution < -0.4 is 8.92 Å². The molecule has 0 aliphatic rings. The zero-order valence-corrected chi connectivity index (χ0v) is 11.6. The maximum Gasteiger partial charge on any atom is 0.339 e. The number of para-hydroxylation sites is 1. The number of ether oxygens (including phenoxy) is 1. The summed E-state index contributed by atoms with van der Waals surface area (Å²) < 4.78 is 34.5. The fraction of sp³-hybridized carbons (Fsp3) is 0.143. The molecule has 0 bridgehead atoms. The van der Waals surface area contributed by atoms with Crippen LogP contribution in [0.15, 0.2) is 53.4 Å². The van der Waals surface area contributed by atoms with Gasteiger partial charge in [0.1, 0.15) is 4.90 Å². The molecule has 5 nitrogen and oxygen atoms in total. The van der Waals surface area contributed by atoms with Crippen molar-refractivity contribution in [3.8, 4) is 11.5 Å². The first kappa shape index (κ1) is 14.4. The SMILES string of the molecule is COc1cccc(CO)c1OS(=O)(=O)c1ccccc1. The van der Waals surface area contributed by atoms with E-state index in [1.54, 1.807) is 36.4 Å². The van der Waals surface area contributed by atoms with E-state index in [0.717, 1.165) is 0 Å². The van der Waals surface area contributed by atoms with E-state index >= 15 is 0 Å². The first-order valence-corrected chi connectivity index (χ1v) is 7.25. The van der Waals surface area contributed by atoms with Gasteiger partial charge in [0.15, 0.2) is 11.5 Å². The molecule has 6 heteroatoms. The maximum absolute atomic E-state index is 12.2. The van der Waals surface area contributed by atoms with Crippen molar-refractivity contribution in [2.75, 3.05) is 7.11 Å². The van der Waals surface area contributed by atoms with Gasteiger partial charge in [0.25, 0.3) is 0 Å². The molecule has 2 aromatic rings. The maximum atomic E-state index is 12.2. The molecule has 0 aliphatic heterocycles. The Morgan fingerprint density at radius 3 is 2.35 bits per heavy atom. The lowest BCUT2D eigenvalue weighted by atomic mass is 10.2. The highest BCUT2D eigenvalue weighted by Crippen LogP contribution is 2.33. The third-order valence-corrected chi connectivity index (χ3v) is 3.91. The van der Waals surface area contributed by atoms with Crippen molar-refractivity contribution in [3.05, 3.63) is 54.1 Å². The van der Waals surface area contributed by atoms with Gasteiger partial charge < -0.3 is 14.0 Å². The van der Waals surface area contributed by atoms with Crippen LogP contribution in [0.25, 0.3) is 0 Å². The molecule has 0 saturated heterocycles. The number of rotatable bonds is 5. The Bertz CT molecular complexity index is 658. The van der Waals surface area contributed by atoms with Crippen molar-refractivity contribution in [3.63, 3.8) is 0 Å². The molecule has 0 unspecified atom stereocenters. The van der Waals surface area contributed by atoms with Crippen LogP contribution in [0, 0.1) is 0 Å². The zero-order valence-electron chi connectivity index (χ0n) is 10.8. The van der Waals surface area contributed by atoms with Gasteiger partial charge in [-0.2, -0.15) is 8.42 Å². The van der Waals surface area contributed by atoms with Crippen LogP contribution in [-0.4, -0.2) is 20.6 Å². The van der Waals surface area contributed by atoms with Crippen molar-refractivity contribution in [2.45, 2.75) is 11.5 Å². The van der Waals surface area contributed by atoms with Crippen molar-refractivity contribution >= 4 is 10.1 Å². The molecule has 0 aliphatic carbocycles. The normalized spacial score (nSPS) is 11.1. The molecular formula is C14H14O5S. The van der Waals surface area contributed by atoms with Gasteiger partial charge >= 0.3 is 10.1 Å². The predicted molar refractivity (Wildman–Crippen MR) is 73.2 cm³/mol. The van der Waals surface area contributed by atoms with Gasteiger partial charge in [-0.15, -0.1) is 0 Å². The van der Waals surface area contributed by atoms with E-state index < -0.39 is 10.1 Å². The molecule has 2 aromatic carbocycles. The van der Waals surface area contributed by atoms with E-state index in [1.165, 1.54) is 19.2 Å². The minimum Gasteiger partial charge on any atom is -0.493 e. The van der Waals surface area contributed by atoms with Crippen LogP contribution in [0.4, 0.5) is 0 Å². The van der Waals surface area contributed by atoms with E-state index in [0.29, 0.717) is 5.56 Å². The largest absolute Gasteiger partial charge is 0.493 e. The van der Waals surface area contributed by atoms with Gasteiger partial charge in [-0.3, -0.25) is 0 Å². The van der Waals surface area contributed by atoms with Gasteiger partial charge in [0.05, 0.1) is 13.7 Å². The highest BCUT2D eigenvalue weighted by atomic mass is 32.2. The Morgan fingerprint density at radius 2 is 1.75 bits per heavy atom. The number of methoxy groups -OCH3 is 1. The predicted octanol–water partition coefficient (Wildman–Crippen LogP) is 1.96. The Balaban J connectivity index is 2.44. The number of aliphatic hydroxyl groups is 1. The second-order valence-corrected chi connectivity index (χ2v) is 5.50. The lowest BCUT2D eigenvalue weighted by molar-refractivity contribution is 0.276. The quantitative estimate of drug-likeness (QED) is 0.853. The fourth-order valence-corrected chi connectivity index (χ4v) is 2.68. The number of hydrogen-bond acceptors (Lipinski definition) is 5. The van der Waals surface area contributed by atoms with Crippen molar-refractivity contribution < 1.29 is 22.4 Å². The van der Waals surface area contributed by atoms with E-state index in [1.807, 2.05) is 0 Å². The first-order chi connectivity index (χ1) is 9.58. The zero-order chi connectivity index (χ0) is 14.6. The smallest absolute Gasteiger partial charge is 0.339 e. The van der Waals surface area contributed by atoms with Gasteiger partial charge in [-0.05, 0) is 18.2 Å². The molecule has 0 heterocycles. The first-order valence-electron chi connectivity index (χ1n) is 5.85. The summed E-state index contributed by atoms with van der Waals surface area (Å²) in [6.45, 7) is -0.350. The Kier molecular flexibility index (Phi) is 4.26. The van der Waals surface area contributed by atoms with Crippen molar-refractivity contribution in [1.29, 1.82) is 0 Å². The summed E-state index contributed by atoms with van der Waals surface area (Å²) in [6.07, 6.45) is 0. The van der Waals surface area contributed by atoms with Crippen molar-refractivity contribution in [2.24, 2.45) is 0 Å². The van der Waals surface area contributed by atoms with E-state index in [2.05, 4.69) is 0 Å². The Labute approximate surface area is 117 Å². The number of aliphatic hydroxyl groups excluding tert-OH is 1. The van der Waals surface area contributed by atoms with Gasteiger partial charge in [0, 0.05) is 5.56 Å². The van der Waals surface area contributed by atoms with Crippen LogP contribution in [0.2, 0.25) is 0 Å². The summed E-state index contributed by atoms with van der Waals surface area (Å²) in [5, 5.41) is 9.28. The third-order valence-electron chi connectivity index (χ3n) is 2.68. The summed E-state index contributed by atoms with van der Waals surface area (Å²) in [6, 6.07) is 12.6. The standard InChI is InChI=1S/C14H14O5S/c1-18-13-9-5-6-11(10-15)14(13)19-20(16,17)12-7-3-2-4-8-12/h2-9,15H,10H2,1H3. The summed E-state index contributed by atoms with van der Waals surface area (Å²) in [5.41, 5.74) is 0.337. The molecule has 0 spiro atoms. The lowest BCUT2D eigenvalue weighted by Gasteiger charge is -2.13. The highest BCUT2D eigenvalue weighted by molar-refractivity contribution is 7.87. The lowest BCUT2D eigenvalue weighted by Crippen LogP contribution is -2.11. The third kappa shape index (κ3) is 2.92. The molecule has 106 valence electrons. The van der Waals surface area contributed by atoms with E-state index in [-0.39, 0.29) is 23.0 Å². The average Bonchev–Trinajstić information content (AvgIpc) is 2.48. The minimum absolute atomic E-state index is 0.00125. The molecule has 0 amide bonds. The second kappa shape index (κ2) is 5.94. The molecule has 2 rings (SSSR count). The Hall–Kier alpha value is -2.05. The molecule has 0 fully saturated rings. The Morgan fingerprint density at radius 1 is 1.05 bits per heavy atom. The summed E-state index contributed by atoms with van der Waals surface area (Å²) >= 11 is 0. The van der Waals surface area contributed by atoms with Crippen LogP contribution in [0.5, 0.6) is 11.5 Å². The molecule has 1 N–H and O–H groups in total. The number of benzene rings is 2. The molecule has 0 atom stereocenters. The minimum atomic E-state index is -3.97. The number of hydrogen-bond donors (Lipinski definition) is 1. The topological polar surface area (TPSA) is 72.8 Å². The van der Waals surface area contributed by atoms with Gasteiger partial charge in [-0.25, -0.2) is 0 Å². The van der Waals surface area contributed by atoms with Crippen LogP contribution in [0.1, 0.15) is 5.56 Å². The fourth-order valence-electron chi connectivity index (χ4n) is 1.69. The average molecular weight is 294 g/mol. The molecule has 0 aromatic heterocycles. The van der Waals surface area contributed by atoms with E-state index in [9.17, 15) is 13.5 Å².